The van der Waals surface area contributed by atoms with Crippen molar-refractivity contribution in [2.24, 2.45) is 0 Å². The maximum absolute atomic E-state index is 13.7. The lowest BCUT2D eigenvalue weighted by Gasteiger charge is -2.28. The minimum absolute atomic E-state index is 0.118. The smallest absolute Gasteiger partial charge is 0.337 e. The first-order valence-electron chi connectivity index (χ1n) is 11.5. The van der Waals surface area contributed by atoms with Gasteiger partial charge in [0, 0.05) is 12.1 Å². The molecule has 3 amide bonds. The topological polar surface area (TPSA) is 102 Å². The fraction of sp³-hybridized carbons (Fsp3) is 0.214. The SMILES string of the molecule is COC(=O)c1ccc(N2C(=O)CC(N(Cc3ccccc3)C(=O)c3ccc(OC)c(OC)c3)C2=O)cc1. The quantitative estimate of drug-likeness (QED) is 0.343. The Hall–Kier alpha value is -4.66. The van der Waals surface area contributed by atoms with E-state index in [9.17, 15) is 19.2 Å². The number of methoxy groups -OCH3 is 3. The van der Waals surface area contributed by atoms with Crippen molar-refractivity contribution in [2.75, 3.05) is 26.2 Å². The van der Waals surface area contributed by atoms with Crippen LogP contribution in [0.1, 0.15) is 32.7 Å². The molecular formula is C28H26N2O7. The first kappa shape index (κ1) is 25.4. The molecule has 1 aliphatic heterocycles. The Kier molecular flexibility index (Phi) is 7.52. The number of anilines is 1. The monoisotopic (exact) mass is 502 g/mol. The summed E-state index contributed by atoms with van der Waals surface area (Å²) in [7, 11) is 4.23. The molecule has 1 unspecified atom stereocenters. The molecule has 1 atom stereocenters. The van der Waals surface area contributed by atoms with Crippen LogP contribution >= 0.6 is 0 Å². The van der Waals surface area contributed by atoms with Gasteiger partial charge in [0.1, 0.15) is 6.04 Å². The Labute approximate surface area is 214 Å². The molecule has 0 bridgehead atoms. The van der Waals surface area contributed by atoms with Crippen LogP contribution in [0.2, 0.25) is 0 Å². The van der Waals surface area contributed by atoms with E-state index in [-0.39, 0.29) is 24.1 Å². The number of imide groups is 1. The number of esters is 1. The standard InChI is InChI=1S/C28H26N2O7/c1-35-23-14-11-20(15-24(23)36-2)26(32)29(17-18-7-5-4-6-8-18)22-16-25(31)30(27(22)33)21-12-9-19(10-13-21)28(34)37-3/h4-15,22H,16-17H2,1-3H3. The average molecular weight is 503 g/mol. The zero-order chi connectivity index (χ0) is 26.5. The minimum Gasteiger partial charge on any atom is -0.493 e. The Bertz CT molecular complexity index is 1320. The van der Waals surface area contributed by atoms with Crippen LogP contribution in [0.3, 0.4) is 0 Å². The van der Waals surface area contributed by atoms with Crippen LogP contribution in [0.15, 0.2) is 72.8 Å². The molecule has 3 aromatic rings. The van der Waals surface area contributed by atoms with Crippen molar-refractivity contribution in [1.29, 1.82) is 0 Å². The molecule has 1 fully saturated rings. The Morgan fingerprint density at radius 3 is 2.14 bits per heavy atom. The largest absolute Gasteiger partial charge is 0.493 e. The number of rotatable bonds is 8. The summed E-state index contributed by atoms with van der Waals surface area (Å²) in [6.45, 7) is 0.118. The third-order valence-electron chi connectivity index (χ3n) is 6.13. The van der Waals surface area contributed by atoms with E-state index in [2.05, 4.69) is 0 Å². The highest BCUT2D eigenvalue weighted by Crippen LogP contribution is 2.31. The molecule has 9 heteroatoms. The average Bonchev–Trinajstić information content (AvgIpc) is 3.24. The molecule has 1 heterocycles. The molecule has 0 radical (unpaired) electrons. The van der Waals surface area contributed by atoms with Gasteiger partial charge in [0.2, 0.25) is 5.91 Å². The molecule has 9 nitrogen and oxygen atoms in total. The van der Waals surface area contributed by atoms with Gasteiger partial charge in [0.15, 0.2) is 11.5 Å². The van der Waals surface area contributed by atoms with Crippen molar-refractivity contribution in [2.45, 2.75) is 19.0 Å². The predicted octanol–water partition coefficient (Wildman–Crippen LogP) is 3.46. The van der Waals surface area contributed by atoms with Gasteiger partial charge in [0.25, 0.3) is 11.8 Å². The molecule has 0 saturated carbocycles. The van der Waals surface area contributed by atoms with Crippen LogP contribution in [0, 0.1) is 0 Å². The molecule has 190 valence electrons. The third-order valence-corrected chi connectivity index (χ3v) is 6.13. The first-order valence-corrected chi connectivity index (χ1v) is 11.5. The number of hydrogen-bond donors (Lipinski definition) is 0. The van der Waals surface area contributed by atoms with Gasteiger partial charge in [-0.1, -0.05) is 30.3 Å². The molecule has 0 N–H and O–H groups in total. The summed E-state index contributed by atoms with van der Waals surface area (Å²) in [4.78, 5) is 54.5. The molecule has 0 aliphatic carbocycles. The van der Waals surface area contributed by atoms with Gasteiger partial charge >= 0.3 is 5.97 Å². The molecule has 0 spiro atoms. The van der Waals surface area contributed by atoms with Gasteiger partial charge in [-0.2, -0.15) is 0 Å². The minimum atomic E-state index is -1.02. The highest BCUT2D eigenvalue weighted by Gasteiger charge is 2.44. The van der Waals surface area contributed by atoms with E-state index in [1.54, 1.807) is 18.2 Å². The summed E-state index contributed by atoms with van der Waals surface area (Å²) in [6.07, 6.45) is -0.177. The van der Waals surface area contributed by atoms with E-state index in [0.717, 1.165) is 10.5 Å². The highest BCUT2D eigenvalue weighted by molar-refractivity contribution is 6.23. The van der Waals surface area contributed by atoms with Crippen molar-refractivity contribution < 1.29 is 33.4 Å². The predicted molar refractivity (Wildman–Crippen MR) is 135 cm³/mol. The molecule has 4 rings (SSSR count). The number of ether oxygens (including phenoxy) is 3. The molecule has 3 aromatic carbocycles. The summed E-state index contributed by atoms with van der Waals surface area (Å²) >= 11 is 0. The second-order valence-electron chi connectivity index (χ2n) is 8.31. The number of hydrogen-bond acceptors (Lipinski definition) is 7. The zero-order valence-electron chi connectivity index (χ0n) is 20.7. The summed E-state index contributed by atoms with van der Waals surface area (Å²) < 4.78 is 15.3. The number of carbonyl (C=O) groups excluding carboxylic acids is 4. The molecule has 37 heavy (non-hydrogen) atoms. The third kappa shape index (κ3) is 5.16. The van der Waals surface area contributed by atoms with Gasteiger partial charge in [-0.25, -0.2) is 9.69 Å². The van der Waals surface area contributed by atoms with Crippen LogP contribution in [0.5, 0.6) is 11.5 Å². The Balaban J connectivity index is 1.68. The van der Waals surface area contributed by atoms with Crippen molar-refractivity contribution in [3.05, 3.63) is 89.5 Å². The second kappa shape index (κ2) is 10.9. The van der Waals surface area contributed by atoms with E-state index in [0.29, 0.717) is 17.2 Å². The van der Waals surface area contributed by atoms with Crippen LogP contribution in [0.25, 0.3) is 0 Å². The molecular weight excluding hydrogens is 476 g/mol. The maximum Gasteiger partial charge on any atom is 0.337 e. The molecule has 1 aliphatic rings. The lowest BCUT2D eigenvalue weighted by Crippen LogP contribution is -2.45. The van der Waals surface area contributed by atoms with Crippen molar-refractivity contribution in [3.8, 4) is 11.5 Å². The zero-order valence-corrected chi connectivity index (χ0v) is 20.7. The first-order chi connectivity index (χ1) is 17.9. The van der Waals surface area contributed by atoms with Gasteiger partial charge in [-0.3, -0.25) is 14.4 Å². The second-order valence-corrected chi connectivity index (χ2v) is 8.31. The van der Waals surface area contributed by atoms with Crippen molar-refractivity contribution >= 4 is 29.4 Å². The van der Waals surface area contributed by atoms with Crippen LogP contribution in [0.4, 0.5) is 5.69 Å². The number of amides is 3. The van der Waals surface area contributed by atoms with Gasteiger partial charge in [0.05, 0.1) is 39.0 Å². The van der Waals surface area contributed by atoms with Crippen LogP contribution in [-0.4, -0.2) is 56.0 Å². The molecule has 0 aromatic heterocycles. The van der Waals surface area contributed by atoms with Crippen molar-refractivity contribution in [1.82, 2.24) is 4.90 Å². The van der Waals surface area contributed by atoms with E-state index < -0.39 is 29.7 Å². The summed E-state index contributed by atoms with van der Waals surface area (Å²) in [6, 6.07) is 18.9. The Morgan fingerprint density at radius 2 is 1.51 bits per heavy atom. The van der Waals surface area contributed by atoms with Gasteiger partial charge in [-0.05, 0) is 48.0 Å². The van der Waals surface area contributed by atoms with E-state index in [1.165, 1.54) is 50.5 Å². The van der Waals surface area contributed by atoms with Crippen LogP contribution < -0.4 is 14.4 Å². The fourth-order valence-corrected chi connectivity index (χ4v) is 4.23. The van der Waals surface area contributed by atoms with E-state index in [1.807, 2.05) is 30.3 Å². The lowest BCUT2D eigenvalue weighted by atomic mass is 10.1. The van der Waals surface area contributed by atoms with Crippen LogP contribution in [-0.2, 0) is 20.9 Å². The lowest BCUT2D eigenvalue weighted by molar-refractivity contribution is -0.122. The number of nitrogens with zero attached hydrogens (tertiary/aromatic N) is 2. The fourth-order valence-electron chi connectivity index (χ4n) is 4.23. The number of carbonyl (C=O) groups is 4. The summed E-state index contributed by atoms with van der Waals surface area (Å²) in [5.74, 6) is -1.10. The Morgan fingerprint density at radius 1 is 0.865 bits per heavy atom. The van der Waals surface area contributed by atoms with Gasteiger partial charge < -0.3 is 19.1 Å². The van der Waals surface area contributed by atoms with E-state index in [4.69, 9.17) is 14.2 Å². The van der Waals surface area contributed by atoms with Gasteiger partial charge in [-0.15, -0.1) is 0 Å². The maximum atomic E-state index is 13.7. The van der Waals surface area contributed by atoms with E-state index >= 15 is 0 Å². The summed E-state index contributed by atoms with van der Waals surface area (Å²) in [5, 5.41) is 0. The number of benzene rings is 3. The van der Waals surface area contributed by atoms with Crippen molar-refractivity contribution in [3.63, 3.8) is 0 Å². The highest BCUT2D eigenvalue weighted by atomic mass is 16.5. The molecule has 1 saturated heterocycles. The normalized spacial score (nSPS) is 14.9. The summed E-state index contributed by atoms with van der Waals surface area (Å²) in [5.41, 5.74) is 1.69.